The van der Waals surface area contributed by atoms with E-state index in [2.05, 4.69) is 6.92 Å². The zero-order valence-electron chi connectivity index (χ0n) is 5.41. The topological polar surface area (TPSA) is 63.0 Å². The minimum atomic E-state index is 0. The van der Waals surface area contributed by atoms with Crippen LogP contribution in [0.3, 0.4) is 0 Å². The van der Waals surface area contributed by atoms with E-state index in [1.807, 2.05) is 0 Å². The van der Waals surface area contributed by atoms with Crippen LogP contribution in [0.15, 0.2) is 0 Å². The second-order valence-electron chi connectivity index (χ2n) is 1.50. The van der Waals surface area contributed by atoms with Gasteiger partial charge >= 0.3 is 0 Å². The zero-order chi connectivity index (χ0) is 4.83. The number of unbranched alkanes of at least 4 members (excludes halogenated alkanes) is 2. The molecule has 0 aromatic rings. The molecule has 0 rings (SSSR count). The molecule has 0 saturated carbocycles. The first-order chi connectivity index (χ1) is 2.91. The molecule has 4 N–H and O–H groups in total. The molecule has 0 aliphatic carbocycles. The van der Waals surface area contributed by atoms with Gasteiger partial charge in [0.25, 0.3) is 0 Å². The van der Waals surface area contributed by atoms with Crippen LogP contribution in [0, 0.1) is 0 Å². The Balaban J connectivity index is -0.000000125. The lowest BCUT2D eigenvalue weighted by Crippen LogP contribution is -1.69. The lowest BCUT2D eigenvalue weighted by atomic mass is 10.00. The molecule has 0 aromatic heterocycles. The Morgan fingerprint density at radius 3 is 1.75 bits per heavy atom. The van der Waals surface area contributed by atoms with Crippen molar-refractivity contribution in [1.82, 2.24) is 0 Å². The van der Waals surface area contributed by atoms with Gasteiger partial charge in [0.1, 0.15) is 0 Å². The van der Waals surface area contributed by atoms with Crippen LogP contribution in [0.5, 0.6) is 0 Å². The fourth-order valence-electron chi connectivity index (χ4n) is 0.394. The summed E-state index contributed by atoms with van der Waals surface area (Å²) in [7, 11) is 5.21. The van der Waals surface area contributed by atoms with Gasteiger partial charge in [-0.05, 0) is 0 Å². The molecule has 8 heavy (non-hydrogen) atoms. The summed E-state index contributed by atoms with van der Waals surface area (Å²) in [5.74, 6) is 0. The van der Waals surface area contributed by atoms with Crippen molar-refractivity contribution in [3.63, 3.8) is 0 Å². The molecule has 2 radical (unpaired) electrons. The van der Waals surface area contributed by atoms with E-state index in [0.717, 1.165) is 6.32 Å². The average Bonchev–Trinajstić information content (AvgIpc) is 1.61. The number of hydrogen-bond acceptors (Lipinski definition) is 0. The molecule has 0 spiro atoms. The third-order valence-electron chi connectivity index (χ3n) is 0.808. The molecule has 0 unspecified atom stereocenters. The van der Waals surface area contributed by atoms with Crippen molar-refractivity contribution in [1.29, 1.82) is 0 Å². The van der Waals surface area contributed by atoms with Crippen molar-refractivity contribution in [3.05, 3.63) is 0 Å². The van der Waals surface area contributed by atoms with Crippen molar-refractivity contribution < 1.29 is 11.0 Å². The predicted molar refractivity (Wildman–Crippen MR) is 37.3 cm³/mol. The molecule has 0 saturated heterocycles. The summed E-state index contributed by atoms with van der Waals surface area (Å²) in [6.07, 6.45) is 4.61. The van der Waals surface area contributed by atoms with Gasteiger partial charge in [0.05, 0.1) is 7.85 Å². The molecule has 0 atom stereocenters. The minimum Gasteiger partial charge on any atom is -0.412 e. The third-order valence-corrected chi connectivity index (χ3v) is 0.808. The summed E-state index contributed by atoms with van der Waals surface area (Å²) in [6, 6.07) is 0. The van der Waals surface area contributed by atoms with Gasteiger partial charge in [0, 0.05) is 0 Å². The van der Waals surface area contributed by atoms with E-state index >= 15 is 0 Å². The molecule has 50 valence electrons. The Bertz CT molecular complexity index is 22.4. The van der Waals surface area contributed by atoms with Crippen LogP contribution >= 0.6 is 0 Å². The molecule has 2 nitrogen and oxygen atoms in total. The van der Waals surface area contributed by atoms with Crippen LogP contribution in [0.4, 0.5) is 0 Å². The van der Waals surface area contributed by atoms with E-state index in [0.29, 0.717) is 0 Å². The molecule has 3 heteroatoms. The van der Waals surface area contributed by atoms with Crippen LogP contribution in [0.25, 0.3) is 0 Å². The lowest BCUT2D eigenvalue weighted by Gasteiger charge is -1.86. The van der Waals surface area contributed by atoms with Gasteiger partial charge in [-0.25, -0.2) is 0 Å². The van der Waals surface area contributed by atoms with Gasteiger partial charge in [-0.1, -0.05) is 32.5 Å². The Kier molecular flexibility index (Phi) is 30.9. The second-order valence-corrected chi connectivity index (χ2v) is 1.50. The van der Waals surface area contributed by atoms with Crippen LogP contribution in [0.2, 0.25) is 6.32 Å². The van der Waals surface area contributed by atoms with Crippen molar-refractivity contribution in [3.8, 4) is 0 Å². The van der Waals surface area contributed by atoms with Crippen molar-refractivity contribution in [2.24, 2.45) is 0 Å². The molecule has 0 aliphatic rings. The summed E-state index contributed by atoms with van der Waals surface area (Å²) in [5, 5.41) is 0. The summed E-state index contributed by atoms with van der Waals surface area (Å²) >= 11 is 0. The maximum absolute atomic E-state index is 5.21. The molecular weight excluding hydrogens is 103 g/mol. The summed E-state index contributed by atoms with van der Waals surface area (Å²) in [6.45, 7) is 2.18. The maximum atomic E-state index is 5.21. The largest absolute Gasteiger partial charge is 0.412 e. The van der Waals surface area contributed by atoms with E-state index < -0.39 is 0 Å². The standard InChI is InChI=1S/C5H11B.2H2O/c1-2-3-4-5-6;;/h2-5H2,1H3;2*1H2. The molecule has 0 aromatic carbocycles. The predicted octanol–water partition coefficient (Wildman–Crippen LogP) is 0.114. The highest BCUT2D eigenvalue weighted by Crippen LogP contribution is 1.94. The molecule has 0 aliphatic heterocycles. The fourth-order valence-corrected chi connectivity index (χ4v) is 0.394. The molecule has 0 bridgehead atoms. The highest BCUT2D eigenvalue weighted by molar-refractivity contribution is 6.08. The second kappa shape index (κ2) is 15.8. The van der Waals surface area contributed by atoms with Crippen molar-refractivity contribution in [2.45, 2.75) is 32.5 Å². The average molecular weight is 118 g/mol. The highest BCUT2D eigenvalue weighted by atomic mass is 16.0. The third kappa shape index (κ3) is 16.7. The van der Waals surface area contributed by atoms with Crippen LogP contribution in [-0.4, -0.2) is 18.8 Å². The monoisotopic (exact) mass is 118 g/mol. The van der Waals surface area contributed by atoms with Gasteiger partial charge in [0.2, 0.25) is 0 Å². The first-order valence-corrected chi connectivity index (χ1v) is 2.62. The fraction of sp³-hybridized carbons (Fsp3) is 1.00. The molecule has 0 amide bonds. The summed E-state index contributed by atoms with van der Waals surface area (Å²) in [4.78, 5) is 0. The smallest absolute Gasteiger partial charge is 0.0653 e. The normalized spacial score (nSPS) is 6.62. The van der Waals surface area contributed by atoms with E-state index in [1.165, 1.54) is 19.3 Å². The number of rotatable bonds is 3. The maximum Gasteiger partial charge on any atom is 0.0653 e. The van der Waals surface area contributed by atoms with E-state index in [1.54, 1.807) is 0 Å². The minimum absolute atomic E-state index is 0. The Morgan fingerprint density at radius 2 is 1.62 bits per heavy atom. The van der Waals surface area contributed by atoms with Crippen molar-refractivity contribution >= 4 is 7.85 Å². The van der Waals surface area contributed by atoms with Crippen LogP contribution in [-0.2, 0) is 0 Å². The van der Waals surface area contributed by atoms with Gasteiger partial charge in [-0.2, -0.15) is 0 Å². The van der Waals surface area contributed by atoms with Gasteiger partial charge in [-0.15, -0.1) is 0 Å². The lowest BCUT2D eigenvalue weighted by molar-refractivity contribution is 0.771. The first kappa shape index (κ1) is 15.7. The van der Waals surface area contributed by atoms with E-state index in [9.17, 15) is 0 Å². The van der Waals surface area contributed by atoms with Gasteiger partial charge in [0.15, 0.2) is 0 Å². The highest BCUT2D eigenvalue weighted by Gasteiger charge is 1.75. The zero-order valence-corrected chi connectivity index (χ0v) is 5.41. The van der Waals surface area contributed by atoms with Crippen LogP contribution in [0.1, 0.15) is 26.2 Å². The van der Waals surface area contributed by atoms with E-state index in [-0.39, 0.29) is 11.0 Å². The summed E-state index contributed by atoms with van der Waals surface area (Å²) < 4.78 is 0. The SMILES string of the molecule is O.O.[B]CCCCC. The van der Waals surface area contributed by atoms with E-state index in [4.69, 9.17) is 7.85 Å². The van der Waals surface area contributed by atoms with Gasteiger partial charge < -0.3 is 11.0 Å². The Morgan fingerprint density at radius 1 is 1.12 bits per heavy atom. The summed E-state index contributed by atoms with van der Waals surface area (Å²) in [5.41, 5.74) is 0. The molecule has 0 heterocycles. The Hall–Kier alpha value is -0.0151. The van der Waals surface area contributed by atoms with Crippen LogP contribution < -0.4 is 0 Å². The first-order valence-electron chi connectivity index (χ1n) is 2.62. The van der Waals surface area contributed by atoms with Crippen molar-refractivity contribution in [2.75, 3.05) is 0 Å². The Labute approximate surface area is 52.3 Å². The van der Waals surface area contributed by atoms with Gasteiger partial charge in [-0.3, -0.25) is 0 Å². The quantitative estimate of drug-likeness (QED) is 0.373. The molecular formula is C5H15BO2. The molecule has 0 fully saturated rings. The number of hydrogen-bond donors (Lipinski definition) is 0.